The number of hydrogen-bond donors (Lipinski definition) is 0. The summed E-state index contributed by atoms with van der Waals surface area (Å²) >= 11 is 0. The number of fused-ring (bicyclic) bond motifs is 1. The number of para-hydroxylation sites is 1. The lowest BCUT2D eigenvalue weighted by molar-refractivity contribution is 0.174. The highest BCUT2D eigenvalue weighted by molar-refractivity contribution is 5.44. The van der Waals surface area contributed by atoms with Gasteiger partial charge in [-0.1, -0.05) is 24.3 Å². The first kappa shape index (κ1) is 15.6. The van der Waals surface area contributed by atoms with Crippen molar-refractivity contribution < 1.29 is 9.47 Å². The smallest absolute Gasteiger partial charge is 0.231 e. The van der Waals surface area contributed by atoms with Crippen LogP contribution in [0.3, 0.4) is 0 Å². The Morgan fingerprint density at radius 2 is 1.92 bits per heavy atom. The van der Waals surface area contributed by atoms with Crippen molar-refractivity contribution in [2.24, 2.45) is 0 Å². The van der Waals surface area contributed by atoms with E-state index in [1.165, 1.54) is 0 Å². The molecule has 7 nitrogen and oxygen atoms in total. The van der Waals surface area contributed by atoms with Crippen LogP contribution in [0.1, 0.15) is 24.4 Å². The van der Waals surface area contributed by atoms with Gasteiger partial charge in [-0.3, -0.25) is 4.90 Å². The van der Waals surface area contributed by atoms with E-state index in [0.717, 1.165) is 35.1 Å². The van der Waals surface area contributed by atoms with E-state index in [2.05, 4.69) is 40.5 Å². The van der Waals surface area contributed by atoms with Crippen LogP contribution in [-0.2, 0) is 6.54 Å². The minimum atomic E-state index is 0.0422. The fourth-order valence-corrected chi connectivity index (χ4v) is 2.87. The molecular formula is C18H19N5O2. The van der Waals surface area contributed by atoms with E-state index in [0.29, 0.717) is 0 Å². The van der Waals surface area contributed by atoms with Gasteiger partial charge in [-0.2, -0.15) is 4.68 Å². The van der Waals surface area contributed by atoms with Crippen LogP contribution in [-0.4, -0.2) is 38.9 Å². The maximum Gasteiger partial charge on any atom is 0.231 e. The summed E-state index contributed by atoms with van der Waals surface area (Å²) in [6.45, 7) is 3.13. The summed E-state index contributed by atoms with van der Waals surface area (Å²) in [4.78, 5) is 2.20. The Morgan fingerprint density at radius 3 is 2.76 bits per heavy atom. The molecule has 0 saturated heterocycles. The van der Waals surface area contributed by atoms with Gasteiger partial charge < -0.3 is 9.47 Å². The molecule has 1 aromatic heterocycles. The highest BCUT2D eigenvalue weighted by Crippen LogP contribution is 2.33. The number of hydrogen-bond acceptors (Lipinski definition) is 6. The minimum Gasteiger partial charge on any atom is -0.454 e. The summed E-state index contributed by atoms with van der Waals surface area (Å²) in [5, 5.41) is 12.2. The van der Waals surface area contributed by atoms with Crippen LogP contribution >= 0.6 is 0 Å². The first-order chi connectivity index (χ1) is 12.2. The van der Waals surface area contributed by atoms with E-state index in [1.807, 2.05) is 42.5 Å². The monoisotopic (exact) mass is 337 g/mol. The van der Waals surface area contributed by atoms with E-state index in [-0.39, 0.29) is 12.8 Å². The van der Waals surface area contributed by atoms with Crippen LogP contribution in [0, 0.1) is 0 Å². The van der Waals surface area contributed by atoms with Crippen LogP contribution in [0.4, 0.5) is 0 Å². The Kier molecular flexibility index (Phi) is 4.07. The first-order valence-corrected chi connectivity index (χ1v) is 8.15. The summed E-state index contributed by atoms with van der Waals surface area (Å²) in [7, 11) is 2.05. The van der Waals surface area contributed by atoms with Crippen LogP contribution in [0.15, 0.2) is 48.5 Å². The third-order valence-corrected chi connectivity index (χ3v) is 4.40. The van der Waals surface area contributed by atoms with Crippen molar-refractivity contribution in [1.29, 1.82) is 0 Å². The summed E-state index contributed by atoms with van der Waals surface area (Å²) in [6, 6.07) is 16.0. The van der Waals surface area contributed by atoms with Crippen LogP contribution < -0.4 is 9.47 Å². The number of rotatable bonds is 5. The predicted molar refractivity (Wildman–Crippen MR) is 91.6 cm³/mol. The van der Waals surface area contributed by atoms with Gasteiger partial charge in [-0.05, 0) is 54.2 Å². The molecule has 0 spiro atoms. The van der Waals surface area contributed by atoms with Gasteiger partial charge in [0.25, 0.3) is 0 Å². The summed E-state index contributed by atoms with van der Waals surface area (Å²) in [5.74, 6) is 2.40. The fourth-order valence-electron chi connectivity index (χ4n) is 2.87. The van der Waals surface area contributed by atoms with Crippen molar-refractivity contribution in [3.8, 4) is 17.2 Å². The van der Waals surface area contributed by atoms with Gasteiger partial charge in [-0.15, -0.1) is 5.10 Å². The molecule has 2 heterocycles. The molecule has 0 radical (unpaired) electrons. The minimum absolute atomic E-state index is 0.0422. The van der Waals surface area contributed by atoms with Crippen molar-refractivity contribution >= 4 is 0 Å². The Bertz CT molecular complexity index is 865. The van der Waals surface area contributed by atoms with Gasteiger partial charge in [-0.25, -0.2) is 0 Å². The summed E-state index contributed by atoms with van der Waals surface area (Å²) in [6.07, 6.45) is 0. The molecule has 0 amide bonds. The quantitative estimate of drug-likeness (QED) is 0.713. The first-order valence-electron chi connectivity index (χ1n) is 8.15. The molecular weight excluding hydrogens is 318 g/mol. The zero-order valence-corrected chi connectivity index (χ0v) is 14.2. The topological polar surface area (TPSA) is 65.3 Å². The van der Waals surface area contributed by atoms with Crippen LogP contribution in [0.2, 0.25) is 0 Å². The molecule has 25 heavy (non-hydrogen) atoms. The van der Waals surface area contributed by atoms with Crippen LogP contribution in [0.5, 0.6) is 11.5 Å². The second-order valence-corrected chi connectivity index (χ2v) is 6.06. The van der Waals surface area contributed by atoms with Crippen LogP contribution in [0.25, 0.3) is 5.69 Å². The molecule has 0 aliphatic carbocycles. The van der Waals surface area contributed by atoms with Crippen molar-refractivity contribution in [3.63, 3.8) is 0 Å². The number of ether oxygens (including phenoxy) is 2. The second kappa shape index (κ2) is 6.52. The van der Waals surface area contributed by atoms with E-state index >= 15 is 0 Å². The van der Waals surface area contributed by atoms with Gasteiger partial charge in [0.2, 0.25) is 6.79 Å². The average Bonchev–Trinajstić information content (AvgIpc) is 3.30. The Hall–Kier alpha value is -2.93. The zero-order chi connectivity index (χ0) is 17.2. The van der Waals surface area contributed by atoms with E-state index < -0.39 is 0 Å². The molecule has 1 atom stereocenters. The maximum absolute atomic E-state index is 5.45. The number of benzene rings is 2. The molecule has 1 aliphatic heterocycles. The molecule has 0 bridgehead atoms. The van der Waals surface area contributed by atoms with E-state index in [9.17, 15) is 0 Å². The van der Waals surface area contributed by atoms with Gasteiger partial charge in [0.05, 0.1) is 11.7 Å². The molecule has 7 heteroatoms. The summed E-state index contributed by atoms with van der Waals surface area (Å²) in [5.41, 5.74) is 2.10. The number of tetrazole rings is 1. The molecule has 128 valence electrons. The highest BCUT2D eigenvalue weighted by atomic mass is 16.7. The van der Waals surface area contributed by atoms with Gasteiger partial charge in [0, 0.05) is 6.54 Å². The predicted octanol–water partition coefficient (Wildman–Crippen LogP) is 2.58. The highest BCUT2D eigenvalue weighted by Gasteiger charge is 2.21. The molecule has 1 unspecified atom stereocenters. The summed E-state index contributed by atoms with van der Waals surface area (Å²) < 4.78 is 12.6. The largest absolute Gasteiger partial charge is 0.454 e. The lowest BCUT2D eigenvalue weighted by Gasteiger charge is -2.24. The van der Waals surface area contributed by atoms with Crippen molar-refractivity contribution in [3.05, 3.63) is 59.9 Å². The fraction of sp³-hybridized carbons (Fsp3) is 0.278. The Labute approximate surface area is 145 Å². The third-order valence-electron chi connectivity index (χ3n) is 4.40. The Balaban J connectivity index is 1.53. The lowest BCUT2D eigenvalue weighted by Crippen LogP contribution is -2.24. The molecule has 3 aromatic rings. The Morgan fingerprint density at radius 1 is 1.12 bits per heavy atom. The second-order valence-electron chi connectivity index (χ2n) is 6.06. The lowest BCUT2D eigenvalue weighted by atomic mass is 10.1. The maximum atomic E-state index is 5.45. The van der Waals surface area contributed by atoms with Crippen molar-refractivity contribution in [2.75, 3.05) is 13.8 Å². The standard InChI is InChI=1S/C18H19N5O2/c1-13(18-19-20-21-23(18)15-6-4-3-5-7-15)22(2)11-14-8-9-16-17(10-14)25-12-24-16/h3-10,13H,11-12H2,1-2H3. The molecule has 0 N–H and O–H groups in total. The molecule has 0 fully saturated rings. The van der Waals surface area contributed by atoms with E-state index in [4.69, 9.17) is 9.47 Å². The van der Waals surface area contributed by atoms with Gasteiger partial charge in [0.15, 0.2) is 17.3 Å². The number of nitrogens with zero attached hydrogens (tertiary/aromatic N) is 5. The van der Waals surface area contributed by atoms with Gasteiger partial charge in [0.1, 0.15) is 0 Å². The zero-order valence-electron chi connectivity index (χ0n) is 14.2. The third kappa shape index (κ3) is 3.06. The SMILES string of the molecule is CC(c1nnnn1-c1ccccc1)N(C)Cc1ccc2c(c1)OCO2. The van der Waals surface area contributed by atoms with Gasteiger partial charge >= 0.3 is 0 Å². The molecule has 0 saturated carbocycles. The number of aromatic nitrogens is 4. The van der Waals surface area contributed by atoms with Crippen molar-refractivity contribution in [2.45, 2.75) is 19.5 Å². The molecule has 2 aromatic carbocycles. The molecule has 4 rings (SSSR count). The average molecular weight is 337 g/mol. The molecule has 1 aliphatic rings. The van der Waals surface area contributed by atoms with E-state index in [1.54, 1.807) is 4.68 Å². The van der Waals surface area contributed by atoms with Crippen molar-refractivity contribution in [1.82, 2.24) is 25.1 Å². The normalized spacial score (nSPS) is 14.0.